The molecule has 0 aromatic heterocycles. The summed E-state index contributed by atoms with van der Waals surface area (Å²) in [7, 11) is 0. The Hall–Kier alpha value is -1.06. The van der Waals surface area contributed by atoms with Gasteiger partial charge >= 0.3 is 11.9 Å². The summed E-state index contributed by atoms with van der Waals surface area (Å²) in [5, 5.41) is 17.1. The van der Waals surface area contributed by atoms with Crippen molar-refractivity contribution in [2.45, 2.75) is 67.2 Å². The second-order valence-electron chi connectivity index (χ2n) is 5.92. The maximum absolute atomic E-state index is 10.5. The quantitative estimate of drug-likeness (QED) is 0.687. The van der Waals surface area contributed by atoms with Gasteiger partial charge < -0.3 is 10.2 Å². The van der Waals surface area contributed by atoms with E-state index in [1.807, 2.05) is 13.8 Å². The normalized spacial score (nSPS) is 12.6. The Morgan fingerprint density at radius 3 is 1.74 bits per heavy atom. The molecule has 0 rings (SSSR count). The average molecular weight is 274 g/mol. The standard InChI is InChI=1S/C8H16O2.C7H14O2/c1-3-4-5-6-7(2)8(9)10;1-5(2)7(3,4)6(8)9/h7H,3-6H2,1-2H3,(H,9,10);5H,1-4H3,(H,8,9). The van der Waals surface area contributed by atoms with Crippen LogP contribution in [0.1, 0.15) is 67.2 Å². The molecule has 0 radical (unpaired) electrons. The predicted molar refractivity (Wildman–Crippen MR) is 77.2 cm³/mol. The Balaban J connectivity index is 0. The maximum atomic E-state index is 10.5. The summed E-state index contributed by atoms with van der Waals surface area (Å²) >= 11 is 0. The van der Waals surface area contributed by atoms with Gasteiger partial charge in [0.05, 0.1) is 11.3 Å². The fraction of sp³-hybridized carbons (Fsp3) is 0.867. The Labute approximate surface area is 117 Å². The number of hydrogen-bond donors (Lipinski definition) is 2. The van der Waals surface area contributed by atoms with Crippen molar-refractivity contribution in [3.05, 3.63) is 0 Å². The number of aliphatic carboxylic acids is 2. The molecule has 0 amide bonds. The van der Waals surface area contributed by atoms with Gasteiger partial charge in [-0.1, -0.05) is 47.0 Å². The minimum atomic E-state index is -0.725. The molecule has 0 heterocycles. The van der Waals surface area contributed by atoms with Crippen molar-refractivity contribution in [1.29, 1.82) is 0 Å². The van der Waals surface area contributed by atoms with E-state index in [0.29, 0.717) is 0 Å². The van der Waals surface area contributed by atoms with Crippen LogP contribution in [0.15, 0.2) is 0 Å². The molecule has 4 nitrogen and oxygen atoms in total. The summed E-state index contributed by atoms with van der Waals surface area (Å²) < 4.78 is 0. The van der Waals surface area contributed by atoms with Crippen LogP contribution in [-0.4, -0.2) is 22.2 Å². The summed E-state index contributed by atoms with van der Waals surface area (Å²) in [4.78, 5) is 20.8. The molecule has 0 bridgehead atoms. The third-order valence-corrected chi connectivity index (χ3v) is 3.66. The maximum Gasteiger partial charge on any atom is 0.309 e. The van der Waals surface area contributed by atoms with E-state index in [9.17, 15) is 9.59 Å². The second kappa shape index (κ2) is 9.82. The molecule has 1 unspecified atom stereocenters. The van der Waals surface area contributed by atoms with E-state index in [-0.39, 0.29) is 11.8 Å². The van der Waals surface area contributed by atoms with Crippen molar-refractivity contribution in [3.63, 3.8) is 0 Å². The van der Waals surface area contributed by atoms with Crippen LogP contribution in [0.4, 0.5) is 0 Å². The topological polar surface area (TPSA) is 74.6 Å². The van der Waals surface area contributed by atoms with Crippen LogP contribution in [0.25, 0.3) is 0 Å². The first-order valence-corrected chi connectivity index (χ1v) is 7.03. The highest BCUT2D eigenvalue weighted by Gasteiger charge is 2.30. The van der Waals surface area contributed by atoms with Crippen LogP contribution in [0.2, 0.25) is 0 Å². The SMILES string of the molecule is CC(C)C(C)(C)C(=O)O.CCCCCC(C)C(=O)O. The first kappa shape index (κ1) is 20.3. The smallest absolute Gasteiger partial charge is 0.309 e. The third kappa shape index (κ3) is 9.51. The Bertz CT molecular complexity index is 269. The highest BCUT2D eigenvalue weighted by atomic mass is 16.4. The molecule has 0 aliphatic carbocycles. The minimum absolute atomic E-state index is 0.161. The molecule has 0 saturated carbocycles. The molecule has 19 heavy (non-hydrogen) atoms. The summed E-state index contributed by atoms with van der Waals surface area (Å²) in [6, 6.07) is 0. The average Bonchev–Trinajstić information content (AvgIpc) is 2.29. The van der Waals surface area contributed by atoms with Gasteiger partial charge in [0, 0.05) is 0 Å². The van der Waals surface area contributed by atoms with Crippen molar-refractivity contribution < 1.29 is 19.8 Å². The van der Waals surface area contributed by atoms with E-state index >= 15 is 0 Å². The molecular formula is C15H30O4. The minimum Gasteiger partial charge on any atom is -0.481 e. The summed E-state index contributed by atoms with van der Waals surface area (Å²) in [5.74, 6) is -1.37. The highest BCUT2D eigenvalue weighted by molar-refractivity contribution is 5.73. The molecule has 0 aliphatic heterocycles. The van der Waals surface area contributed by atoms with Gasteiger partial charge in [-0.2, -0.15) is 0 Å². The fourth-order valence-electron chi connectivity index (χ4n) is 1.07. The van der Waals surface area contributed by atoms with Crippen molar-refractivity contribution >= 4 is 11.9 Å². The zero-order valence-electron chi connectivity index (χ0n) is 13.2. The van der Waals surface area contributed by atoms with Crippen molar-refractivity contribution in [3.8, 4) is 0 Å². The van der Waals surface area contributed by atoms with E-state index in [2.05, 4.69) is 6.92 Å². The molecule has 0 aliphatic rings. The Morgan fingerprint density at radius 2 is 1.53 bits per heavy atom. The molecule has 1 atom stereocenters. The zero-order chi connectivity index (χ0) is 15.6. The van der Waals surface area contributed by atoms with E-state index in [1.54, 1.807) is 20.8 Å². The first-order chi connectivity index (χ1) is 8.57. The van der Waals surface area contributed by atoms with E-state index in [4.69, 9.17) is 10.2 Å². The van der Waals surface area contributed by atoms with Crippen LogP contribution in [0, 0.1) is 17.3 Å². The van der Waals surface area contributed by atoms with Crippen LogP contribution in [-0.2, 0) is 9.59 Å². The number of carboxylic acids is 2. The van der Waals surface area contributed by atoms with Crippen molar-refractivity contribution in [1.82, 2.24) is 0 Å². The van der Waals surface area contributed by atoms with Crippen molar-refractivity contribution in [2.75, 3.05) is 0 Å². The van der Waals surface area contributed by atoms with Gasteiger partial charge in [0.1, 0.15) is 0 Å². The van der Waals surface area contributed by atoms with Gasteiger partial charge in [0.2, 0.25) is 0 Å². The summed E-state index contributed by atoms with van der Waals surface area (Å²) in [6.45, 7) is 11.2. The van der Waals surface area contributed by atoms with Crippen molar-refractivity contribution in [2.24, 2.45) is 17.3 Å². The van der Waals surface area contributed by atoms with Gasteiger partial charge in [0.15, 0.2) is 0 Å². The van der Waals surface area contributed by atoms with Gasteiger partial charge in [-0.05, 0) is 26.2 Å². The molecule has 114 valence electrons. The molecule has 4 heteroatoms. The third-order valence-electron chi connectivity index (χ3n) is 3.66. The van der Waals surface area contributed by atoms with Crippen LogP contribution < -0.4 is 0 Å². The number of carboxylic acid groups (broad SMARTS) is 2. The van der Waals surface area contributed by atoms with Crippen LogP contribution >= 0.6 is 0 Å². The van der Waals surface area contributed by atoms with Crippen LogP contribution in [0.5, 0.6) is 0 Å². The predicted octanol–water partition coefficient (Wildman–Crippen LogP) is 4.04. The first-order valence-electron chi connectivity index (χ1n) is 7.03. The Kier molecular flexibility index (Phi) is 10.5. The molecule has 0 aromatic carbocycles. The van der Waals surface area contributed by atoms with Gasteiger partial charge in [-0.15, -0.1) is 0 Å². The summed E-state index contributed by atoms with van der Waals surface area (Å²) in [6.07, 6.45) is 4.18. The molecule has 0 aromatic rings. The largest absolute Gasteiger partial charge is 0.481 e. The molecular weight excluding hydrogens is 244 g/mol. The van der Waals surface area contributed by atoms with E-state index < -0.39 is 17.4 Å². The monoisotopic (exact) mass is 274 g/mol. The lowest BCUT2D eigenvalue weighted by atomic mass is 9.81. The molecule has 0 saturated heterocycles. The van der Waals surface area contributed by atoms with Gasteiger partial charge in [-0.3, -0.25) is 9.59 Å². The van der Waals surface area contributed by atoms with E-state index in [0.717, 1.165) is 25.7 Å². The Morgan fingerprint density at radius 1 is 1.05 bits per heavy atom. The number of rotatable bonds is 7. The highest BCUT2D eigenvalue weighted by Crippen LogP contribution is 2.25. The van der Waals surface area contributed by atoms with Gasteiger partial charge in [0.25, 0.3) is 0 Å². The number of unbranched alkanes of at least 4 members (excludes halogenated alkanes) is 2. The van der Waals surface area contributed by atoms with E-state index in [1.165, 1.54) is 0 Å². The fourth-order valence-corrected chi connectivity index (χ4v) is 1.07. The lowest BCUT2D eigenvalue weighted by molar-refractivity contribution is -0.149. The van der Waals surface area contributed by atoms with Gasteiger partial charge in [-0.25, -0.2) is 0 Å². The number of carbonyl (C=O) groups is 2. The molecule has 0 spiro atoms. The molecule has 0 fully saturated rings. The summed E-state index contributed by atoms with van der Waals surface area (Å²) in [5.41, 5.74) is -0.583. The number of hydrogen-bond acceptors (Lipinski definition) is 2. The second-order valence-corrected chi connectivity index (χ2v) is 5.92. The zero-order valence-corrected chi connectivity index (χ0v) is 13.2. The lowest BCUT2D eigenvalue weighted by Crippen LogP contribution is -2.29. The van der Waals surface area contributed by atoms with Crippen LogP contribution in [0.3, 0.4) is 0 Å². The lowest BCUT2D eigenvalue weighted by Gasteiger charge is -2.22. The molecule has 2 N–H and O–H groups in total.